The number of fused-ring (bicyclic) bond motifs is 1. The number of likely N-dealkylation sites (tertiary alicyclic amines) is 1. The van der Waals surface area contributed by atoms with E-state index in [1.54, 1.807) is 23.1 Å². The number of urea groups is 1. The summed E-state index contributed by atoms with van der Waals surface area (Å²) in [7, 11) is 0. The van der Waals surface area contributed by atoms with Gasteiger partial charge < -0.3 is 15.0 Å². The summed E-state index contributed by atoms with van der Waals surface area (Å²) in [5.41, 5.74) is 0.579. The number of anilines is 1. The van der Waals surface area contributed by atoms with Gasteiger partial charge in [-0.05, 0) is 18.2 Å². The first-order valence-corrected chi connectivity index (χ1v) is 7.79. The summed E-state index contributed by atoms with van der Waals surface area (Å²) in [5, 5.41) is 10.2. The minimum Gasteiger partial charge on any atom is -0.484 e. The Bertz CT molecular complexity index is 795. The molecule has 1 N–H and O–H groups in total. The molecule has 24 heavy (non-hydrogen) atoms. The summed E-state index contributed by atoms with van der Waals surface area (Å²) in [5.74, 6) is 0.673. The molecule has 4 rings (SSSR count). The molecule has 7 nitrogen and oxygen atoms in total. The van der Waals surface area contributed by atoms with Crippen LogP contribution in [0.3, 0.4) is 0 Å². The van der Waals surface area contributed by atoms with E-state index in [2.05, 4.69) is 15.5 Å². The SMILES string of the molecule is O=C1CC2(CCN(C(=O)Nc3ccnnc3)C2)Oc2ccccc21. The second-order valence-corrected chi connectivity index (χ2v) is 6.11. The van der Waals surface area contributed by atoms with E-state index in [9.17, 15) is 9.59 Å². The average Bonchev–Trinajstić information content (AvgIpc) is 2.99. The minimum absolute atomic E-state index is 0.0671. The quantitative estimate of drug-likeness (QED) is 0.868. The van der Waals surface area contributed by atoms with Crippen LogP contribution < -0.4 is 10.1 Å². The number of nitrogens with one attached hydrogen (secondary N) is 1. The van der Waals surface area contributed by atoms with Crippen molar-refractivity contribution in [2.24, 2.45) is 0 Å². The predicted octanol–water partition coefficient (Wildman–Crippen LogP) is 2.12. The fourth-order valence-electron chi connectivity index (χ4n) is 3.26. The van der Waals surface area contributed by atoms with E-state index < -0.39 is 5.60 Å². The molecule has 1 aromatic heterocycles. The van der Waals surface area contributed by atoms with Gasteiger partial charge in [-0.25, -0.2) is 4.79 Å². The lowest BCUT2D eigenvalue weighted by atomic mass is 9.89. The maximum absolute atomic E-state index is 12.4. The number of Topliss-reactive ketones (excluding diaryl/α,β-unsaturated/α-hetero) is 1. The molecule has 1 atom stereocenters. The molecular weight excluding hydrogens is 308 g/mol. The number of aromatic nitrogens is 2. The Balaban J connectivity index is 1.49. The Labute approximate surface area is 138 Å². The number of hydrogen-bond donors (Lipinski definition) is 1. The fraction of sp³-hybridized carbons (Fsp3) is 0.294. The zero-order chi connectivity index (χ0) is 16.6. The summed E-state index contributed by atoms with van der Waals surface area (Å²) < 4.78 is 6.12. The largest absolute Gasteiger partial charge is 0.484 e. The van der Waals surface area contributed by atoms with Gasteiger partial charge in [-0.1, -0.05) is 12.1 Å². The van der Waals surface area contributed by atoms with Crippen LogP contribution in [0.4, 0.5) is 10.5 Å². The molecule has 0 aliphatic carbocycles. The Hall–Kier alpha value is -2.96. The van der Waals surface area contributed by atoms with Gasteiger partial charge in [0.25, 0.3) is 0 Å². The average molecular weight is 324 g/mol. The van der Waals surface area contributed by atoms with Gasteiger partial charge in [0.1, 0.15) is 11.4 Å². The Kier molecular flexibility index (Phi) is 3.41. The monoisotopic (exact) mass is 324 g/mol. The second kappa shape index (κ2) is 5.59. The number of rotatable bonds is 1. The van der Waals surface area contributed by atoms with E-state index in [0.29, 0.717) is 42.9 Å². The summed E-state index contributed by atoms with van der Waals surface area (Å²) >= 11 is 0. The molecular formula is C17H16N4O3. The lowest BCUT2D eigenvalue weighted by Crippen LogP contribution is -2.45. The van der Waals surface area contributed by atoms with Gasteiger partial charge in [-0.15, -0.1) is 0 Å². The number of carbonyl (C=O) groups excluding carboxylic acids is 2. The number of benzene rings is 1. The van der Waals surface area contributed by atoms with Crippen LogP contribution in [0.25, 0.3) is 0 Å². The van der Waals surface area contributed by atoms with Gasteiger partial charge in [-0.2, -0.15) is 10.2 Å². The van der Waals surface area contributed by atoms with Crippen molar-refractivity contribution in [2.75, 3.05) is 18.4 Å². The van der Waals surface area contributed by atoms with Crippen LogP contribution >= 0.6 is 0 Å². The maximum atomic E-state index is 12.4. The highest BCUT2D eigenvalue weighted by Crippen LogP contribution is 2.38. The van der Waals surface area contributed by atoms with Gasteiger partial charge in [0.2, 0.25) is 0 Å². The zero-order valence-corrected chi connectivity index (χ0v) is 12.9. The van der Waals surface area contributed by atoms with Crippen LogP contribution in [0.2, 0.25) is 0 Å². The summed E-state index contributed by atoms with van der Waals surface area (Å²) in [4.78, 5) is 26.5. The first kappa shape index (κ1) is 14.6. The summed E-state index contributed by atoms with van der Waals surface area (Å²) in [6, 6.07) is 8.71. The molecule has 1 unspecified atom stereocenters. The van der Waals surface area contributed by atoms with Crippen LogP contribution in [0.5, 0.6) is 5.75 Å². The molecule has 1 spiro atoms. The molecule has 2 aliphatic rings. The normalized spacial score (nSPS) is 22.2. The highest BCUT2D eigenvalue weighted by atomic mass is 16.5. The number of ether oxygens (including phenoxy) is 1. The molecule has 2 aliphatic heterocycles. The van der Waals surface area contributed by atoms with E-state index in [0.717, 1.165) is 0 Å². The van der Waals surface area contributed by atoms with Gasteiger partial charge in [0.05, 0.1) is 36.6 Å². The Morgan fingerprint density at radius 2 is 2.12 bits per heavy atom. The van der Waals surface area contributed by atoms with Crippen molar-refractivity contribution in [3.8, 4) is 5.75 Å². The third-order valence-corrected chi connectivity index (χ3v) is 4.44. The smallest absolute Gasteiger partial charge is 0.322 e. The maximum Gasteiger partial charge on any atom is 0.322 e. The van der Waals surface area contributed by atoms with Crippen LogP contribution in [0, 0.1) is 0 Å². The first-order valence-electron chi connectivity index (χ1n) is 7.79. The van der Waals surface area contributed by atoms with Crippen LogP contribution in [0.15, 0.2) is 42.7 Å². The molecule has 0 bridgehead atoms. The zero-order valence-electron chi connectivity index (χ0n) is 12.9. The molecule has 0 saturated carbocycles. The standard InChI is InChI=1S/C17H16N4O3/c22-14-9-17(24-15-4-2-1-3-13(14)15)6-8-21(11-17)16(23)20-12-5-7-18-19-10-12/h1-5,7,10H,6,8-9,11H2,(H,18,20,23). The van der Waals surface area contributed by atoms with E-state index in [1.807, 2.05) is 12.1 Å². The minimum atomic E-state index is -0.626. The first-order chi connectivity index (χ1) is 11.7. The third kappa shape index (κ3) is 2.58. The van der Waals surface area contributed by atoms with Gasteiger partial charge in [0, 0.05) is 13.0 Å². The van der Waals surface area contributed by atoms with Crippen LogP contribution in [-0.4, -0.2) is 45.6 Å². The van der Waals surface area contributed by atoms with E-state index in [4.69, 9.17) is 4.74 Å². The number of hydrogen-bond acceptors (Lipinski definition) is 5. The van der Waals surface area contributed by atoms with E-state index >= 15 is 0 Å². The number of carbonyl (C=O) groups is 2. The van der Waals surface area contributed by atoms with E-state index in [1.165, 1.54) is 12.4 Å². The highest BCUT2D eigenvalue weighted by molar-refractivity contribution is 6.00. The van der Waals surface area contributed by atoms with Crippen molar-refractivity contribution in [3.63, 3.8) is 0 Å². The van der Waals surface area contributed by atoms with Crippen molar-refractivity contribution in [1.82, 2.24) is 15.1 Å². The molecule has 1 fully saturated rings. The Morgan fingerprint density at radius 3 is 2.96 bits per heavy atom. The van der Waals surface area contributed by atoms with Crippen LogP contribution in [-0.2, 0) is 0 Å². The van der Waals surface area contributed by atoms with Crippen molar-refractivity contribution in [2.45, 2.75) is 18.4 Å². The number of amides is 2. The predicted molar refractivity (Wildman–Crippen MR) is 86.0 cm³/mol. The molecule has 3 heterocycles. The number of para-hydroxylation sites is 1. The lowest BCUT2D eigenvalue weighted by molar-refractivity contribution is 0.0482. The topological polar surface area (TPSA) is 84.4 Å². The molecule has 0 radical (unpaired) electrons. The molecule has 1 saturated heterocycles. The van der Waals surface area contributed by atoms with E-state index in [-0.39, 0.29) is 11.8 Å². The molecule has 122 valence electrons. The van der Waals surface area contributed by atoms with Gasteiger partial charge in [-0.3, -0.25) is 4.79 Å². The fourth-order valence-corrected chi connectivity index (χ4v) is 3.26. The lowest BCUT2D eigenvalue weighted by Gasteiger charge is -2.34. The summed E-state index contributed by atoms with van der Waals surface area (Å²) in [6.07, 6.45) is 3.93. The van der Waals surface area contributed by atoms with Crippen molar-refractivity contribution in [3.05, 3.63) is 48.3 Å². The molecule has 1 aromatic carbocycles. The van der Waals surface area contributed by atoms with Crippen molar-refractivity contribution < 1.29 is 14.3 Å². The highest BCUT2D eigenvalue weighted by Gasteiger charge is 2.46. The molecule has 7 heteroatoms. The second-order valence-electron chi connectivity index (χ2n) is 6.11. The summed E-state index contributed by atoms with van der Waals surface area (Å²) in [6.45, 7) is 0.928. The van der Waals surface area contributed by atoms with Gasteiger partial charge >= 0.3 is 6.03 Å². The number of ketones is 1. The molecule has 2 aromatic rings. The number of nitrogens with zero attached hydrogens (tertiary/aromatic N) is 3. The van der Waals surface area contributed by atoms with Crippen LogP contribution in [0.1, 0.15) is 23.2 Å². The molecule has 2 amide bonds. The van der Waals surface area contributed by atoms with Gasteiger partial charge in [0.15, 0.2) is 5.78 Å². The van der Waals surface area contributed by atoms with Crippen molar-refractivity contribution in [1.29, 1.82) is 0 Å². The third-order valence-electron chi connectivity index (χ3n) is 4.44. The Morgan fingerprint density at radius 1 is 1.25 bits per heavy atom. The van der Waals surface area contributed by atoms with Crippen molar-refractivity contribution >= 4 is 17.5 Å².